The number of aromatic nitrogens is 1. The van der Waals surface area contributed by atoms with Crippen LogP contribution in [0.4, 0.5) is 9.18 Å². The van der Waals surface area contributed by atoms with Crippen molar-refractivity contribution in [2.24, 2.45) is 0 Å². The van der Waals surface area contributed by atoms with Gasteiger partial charge in [0.1, 0.15) is 11.3 Å². The molecule has 1 rings (SSSR count). The predicted molar refractivity (Wildman–Crippen MR) is 72.3 cm³/mol. The second kappa shape index (κ2) is 6.70. The molecule has 1 amide bonds. The smallest absolute Gasteiger partial charge is 0.408 e. The lowest BCUT2D eigenvalue weighted by Crippen LogP contribution is -2.32. The van der Waals surface area contributed by atoms with Crippen LogP contribution < -0.4 is 5.32 Å². The number of amides is 1. The third kappa shape index (κ3) is 5.91. The molecule has 112 valence electrons. The zero-order valence-electron chi connectivity index (χ0n) is 11.9. The van der Waals surface area contributed by atoms with Gasteiger partial charge in [0.05, 0.1) is 18.3 Å². The second-order valence-electron chi connectivity index (χ2n) is 5.01. The molecule has 6 nitrogen and oxygen atoms in total. The Morgan fingerprint density at radius 1 is 1.48 bits per heavy atom. The number of halogens is 1. The molecule has 0 saturated heterocycles. The molecule has 7 heteroatoms. The highest BCUT2D eigenvalue weighted by molar-refractivity contribution is 5.88. The monoisotopic (exact) mass is 294 g/mol. The summed E-state index contributed by atoms with van der Waals surface area (Å²) in [6.45, 7) is 5.19. The minimum absolute atomic E-state index is 0.00360. The summed E-state index contributed by atoms with van der Waals surface area (Å²) in [4.78, 5) is 25.7. The normalized spacial score (nSPS) is 10.3. The summed E-state index contributed by atoms with van der Waals surface area (Å²) in [5.41, 5.74) is -1.01. The number of carboxylic acids is 1. The van der Waals surface area contributed by atoms with E-state index in [-0.39, 0.29) is 12.2 Å². The van der Waals surface area contributed by atoms with Gasteiger partial charge in [-0.1, -0.05) is 5.92 Å². The minimum Gasteiger partial charge on any atom is -0.478 e. The zero-order valence-corrected chi connectivity index (χ0v) is 11.9. The number of hydrogen-bond donors (Lipinski definition) is 2. The molecule has 0 aliphatic carbocycles. The molecule has 0 spiro atoms. The van der Waals surface area contributed by atoms with Crippen LogP contribution >= 0.6 is 0 Å². The number of carbonyl (C=O) groups is 2. The summed E-state index contributed by atoms with van der Waals surface area (Å²) >= 11 is 0. The van der Waals surface area contributed by atoms with Gasteiger partial charge in [-0.3, -0.25) is 0 Å². The Kier molecular flexibility index (Phi) is 5.24. The van der Waals surface area contributed by atoms with E-state index < -0.39 is 29.0 Å². The highest BCUT2D eigenvalue weighted by Crippen LogP contribution is 2.07. The van der Waals surface area contributed by atoms with Crippen molar-refractivity contribution < 1.29 is 23.8 Å². The molecule has 0 bridgehead atoms. The van der Waals surface area contributed by atoms with E-state index >= 15 is 0 Å². The van der Waals surface area contributed by atoms with E-state index in [0.29, 0.717) is 0 Å². The summed E-state index contributed by atoms with van der Waals surface area (Å²) in [6, 6.07) is 1.03. The summed E-state index contributed by atoms with van der Waals surface area (Å²) < 4.78 is 18.1. The van der Waals surface area contributed by atoms with E-state index in [1.165, 1.54) is 0 Å². The molecule has 1 heterocycles. The van der Waals surface area contributed by atoms with Crippen LogP contribution in [0, 0.1) is 17.7 Å². The minimum atomic E-state index is -1.40. The number of ether oxygens (including phenoxy) is 1. The molecule has 0 aromatic carbocycles. The Labute approximate surface area is 121 Å². The van der Waals surface area contributed by atoms with Gasteiger partial charge in [0.2, 0.25) is 0 Å². The summed E-state index contributed by atoms with van der Waals surface area (Å²) in [5.74, 6) is 2.76. The van der Waals surface area contributed by atoms with Crippen molar-refractivity contribution in [3.8, 4) is 11.8 Å². The molecule has 0 aliphatic rings. The van der Waals surface area contributed by atoms with E-state index in [0.717, 1.165) is 12.3 Å². The van der Waals surface area contributed by atoms with Crippen LogP contribution in [-0.4, -0.2) is 34.3 Å². The first-order chi connectivity index (χ1) is 9.69. The number of hydrogen-bond acceptors (Lipinski definition) is 4. The Bertz CT molecular complexity index is 612. The Morgan fingerprint density at radius 2 is 2.14 bits per heavy atom. The third-order valence-electron chi connectivity index (χ3n) is 2.02. The zero-order chi connectivity index (χ0) is 16.0. The molecule has 0 radical (unpaired) electrons. The summed E-state index contributed by atoms with van der Waals surface area (Å²) in [7, 11) is 0. The van der Waals surface area contributed by atoms with Gasteiger partial charge < -0.3 is 15.2 Å². The lowest BCUT2D eigenvalue weighted by molar-refractivity contribution is 0.0534. The fraction of sp³-hybridized carbons (Fsp3) is 0.357. The topological polar surface area (TPSA) is 88.5 Å². The maximum absolute atomic E-state index is 13.1. The van der Waals surface area contributed by atoms with Crippen molar-refractivity contribution in [1.82, 2.24) is 10.3 Å². The lowest BCUT2D eigenvalue weighted by Gasteiger charge is -2.18. The van der Waals surface area contributed by atoms with Gasteiger partial charge in [0.25, 0.3) is 0 Å². The molecule has 0 aliphatic heterocycles. The summed E-state index contributed by atoms with van der Waals surface area (Å²) in [5, 5.41) is 11.2. The largest absolute Gasteiger partial charge is 0.478 e. The first kappa shape index (κ1) is 16.4. The predicted octanol–water partition coefficient (Wildman–Crippen LogP) is 1.80. The van der Waals surface area contributed by atoms with E-state index in [9.17, 15) is 14.0 Å². The number of nitrogens with one attached hydrogen (secondary N) is 1. The van der Waals surface area contributed by atoms with Crippen molar-refractivity contribution >= 4 is 12.1 Å². The first-order valence-corrected chi connectivity index (χ1v) is 6.03. The van der Waals surface area contributed by atoms with Crippen molar-refractivity contribution in [1.29, 1.82) is 0 Å². The maximum Gasteiger partial charge on any atom is 0.408 e. The molecule has 2 N–H and O–H groups in total. The third-order valence-corrected chi connectivity index (χ3v) is 2.02. The van der Waals surface area contributed by atoms with E-state index in [1.54, 1.807) is 20.8 Å². The molecule has 1 aromatic rings. The van der Waals surface area contributed by atoms with Gasteiger partial charge in [0, 0.05) is 0 Å². The lowest BCUT2D eigenvalue weighted by atomic mass is 10.2. The van der Waals surface area contributed by atoms with Gasteiger partial charge >= 0.3 is 12.1 Å². The molecule has 0 fully saturated rings. The van der Waals surface area contributed by atoms with Crippen molar-refractivity contribution in [2.45, 2.75) is 26.4 Å². The maximum atomic E-state index is 13.1. The van der Waals surface area contributed by atoms with Crippen LogP contribution in [0.15, 0.2) is 12.3 Å². The average molecular weight is 294 g/mol. The second-order valence-corrected chi connectivity index (χ2v) is 5.01. The standard InChI is InChI=1S/C14H15FN2O4/c1-14(2,3)21-13(20)16-6-4-5-9-7-10(12(18)19)11(15)8-17-9/h7-8H,6H2,1-3H3,(H,16,20)(H,18,19). The van der Waals surface area contributed by atoms with Gasteiger partial charge in [-0.25, -0.2) is 19.0 Å². The van der Waals surface area contributed by atoms with Crippen LogP contribution in [0.5, 0.6) is 0 Å². The van der Waals surface area contributed by atoms with Crippen LogP contribution in [0.1, 0.15) is 36.8 Å². The van der Waals surface area contributed by atoms with Crippen LogP contribution in [0.2, 0.25) is 0 Å². The van der Waals surface area contributed by atoms with Gasteiger partial charge in [0.15, 0.2) is 5.82 Å². The molecule has 0 unspecified atom stereocenters. The van der Waals surface area contributed by atoms with E-state index in [2.05, 4.69) is 22.1 Å². The van der Waals surface area contributed by atoms with E-state index in [1.807, 2.05) is 0 Å². The highest BCUT2D eigenvalue weighted by Gasteiger charge is 2.15. The van der Waals surface area contributed by atoms with E-state index in [4.69, 9.17) is 9.84 Å². The average Bonchev–Trinajstić information content (AvgIpc) is 2.34. The molecular formula is C14H15FN2O4. The fourth-order valence-electron chi connectivity index (χ4n) is 1.24. The SMILES string of the molecule is CC(C)(C)OC(=O)NCC#Cc1cc(C(=O)O)c(F)cn1. The van der Waals surface area contributed by atoms with Gasteiger partial charge in [-0.15, -0.1) is 0 Å². The number of rotatable bonds is 2. The quantitative estimate of drug-likeness (QED) is 0.812. The number of carbonyl (C=O) groups excluding carboxylic acids is 1. The van der Waals surface area contributed by atoms with Crippen LogP contribution in [-0.2, 0) is 4.74 Å². The number of aromatic carboxylic acids is 1. The number of carboxylic acid groups (broad SMARTS) is 1. The van der Waals surface area contributed by atoms with Crippen molar-refractivity contribution in [3.05, 3.63) is 29.3 Å². The first-order valence-electron chi connectivity index (χ1n) is 6.03. The summed E-state index contributed by atoms with van der Waals surface area (Å²) in [6.07, 6.45) is 0.171. The van der Waals surface area contributed by atoms with Crippen LogP contribution in [0.25, 0.3) is 0 Å². The highest BCUT2D eigenvalue weighted by atomic mass is 19.1. The molecular weight excluding hydrogens is 279 g/mol. The number of pyridine rings is 1. The Morgan fingerprint density at radius 3 is 2.71 bits per heavy atom. The molecule has 0 saturated carbocycles. The van der Waals surface area contributed by atoms with Gasteiger partial charge in [-0.05, 0) is 32.8 Å². The van der Waals surface area contributed by atoms with Crippen molar-refractivity contribution in [2.75, 3.05) is 6.54 Å². The Balaban J connectivity index is 2.62. The molecule has 21 heavy (non-hydrogen) atoms. The fourth-order valence-corrected chi connectivity index (χ4v) is 1.24. The number of alkyl carbamates (subject to hydrolysis) is 1. The number of nitrogens with zero attached hydrogens (tertiary/aromatic N) is 1. The Hall–Kier alpha value is -2.62. The molecule has 0 atom stereocenters. The van der Waals surface area contributed by atoms with Crippen LogP contribution in [0.3, 0.4) is 0 Å². The van der Waals surface area contributed by atoms with Crippen molar-refractivity contribution in [3.63, 3.8) is 0 Å². The molecule has 1 aromatic heterocycles. The van der Waals surface area contributed by atoms with Gasteiger partial charge in [-0.2, -0.15) is 0 Å².